The van der Waals surface area contributed by atoms with Crippen LogP contribution in [0, 0.1) is 6.92 Å². The Morgan fingerprint density at radius 2 is 2.19 bits per heavy atom. The van der Waals surface area contributed by atoms with Crippen LogP contribution in [0.5, 0.6) is 5.75 Å². The molecule has 0 bridgehead atoms. The normalized spacial score (nSPS) is 12.6. The molecule has 0 radical (unpaired) electrons. The summed E-state index contributed by atoms with van der Waals surface area (Å²) in [5, 5.41) is 0.951. The molecule has 1 aromatic heterocycles. The molecule has 0 aliphatic carbocycles. The summed E-state index contributed by atoms with van der Waals surface area (Å²) in [7, 11) is 0. The fourth-order valence-electron chi connectivity index (χ4n) is 1.49. The molecule has 0 spiro atoms. The van der Waals surface area contributed by atoms with Crippen LogP contribution in [0.25, 0.3) is 11.0 Å². The van der Waals surface area contributed by atoms with E-state index in [-0.39, 0.29) is 0 Å². The number of rotatable bonds is 3. The predicted octanol–water partition coefficient (Wildman–Crippen LogP) is 1.99. The quantitative estimate of drug-likeness (QED) is 0.858. The first-order valence-electron chi connectivity index (χ1n) is 5.02. The van der Waals surface area contributed by atoms with Gasteiger partial charge in [-0.2, -0.15) is 0 Å². The first-order chi connectivity index (χ1) is 7.56. The Balaban J connectivity index is 2.28. The van der Waals surface area contributed by atoms with Gasteiger partial charge in [0.15, 0.2) is 6.10 Å². The van der Waals surface area contributed by atoms with Gasteiger partial charge in [-0.25, -0.2) is 0 Å². The smallest absolute Gasteiger partial charge is 0.258 e. The second kappa shape index (κ2) is 3.89. The highest BCUT2D eigenvalue weighted by Gasteiger charge is 2.10. The van der Waals surface area contributed by atoms with E-state index in [9.17, 15) is 4.79 Å². The van der Waals surface area contributed by atoms with Crippen LogP contribution in [-0.4, -0.2) is 12.0 Å². The van der Waals surface area contributed by atoms with E-state index in [2.05, 4.69) is 0 Å². The fraction of sp³-hybridized carbons (Fsp3) is 0.250. The molecule has 0 aliphatic heterocycles. The Hall–Kier alpha value is -1.97. The number of hydrogen-bond donors (Lipinski definition) is 1. The van der Waals surface area contributed by atoms with Crippen LogP contribution in [0.1, 0.15) is 12.7 Å². The zero-order valence-electron chi connectivity index (χ0n) is 9.19. The van der Waals surface area contributed by atoms with Gasteiger partial charge in [-0.05, 0) is 38.1 Å². The minimum absolute atomic E-state index is 0.483. The number of ether oxygens (including phenoxy) is 1. The Kier molecular flexibility index (Phi) is 2.56. The summed E-state index contributed by atoms with van der Waals surface area (Å²) in [6, 6.07) is 7.30. The molecule has 84 valence electrons. The van der Waals surface area contributed by atoms with Crippen LogP contribution in [-0.2, 0) is 4.79 Å². The first kappa shape index (κ1) is 10.5. The maximum absolute atomic E-state index is 10.9. The van der Waals surface area contributed by atoms with Gasteiger partial charge in [0, 0.05) is 5.39 Å². The maximum Gasteiger partial charge on any atom is 0.258 e. The Bertz CT molecular complexity index is 530. The lowest BCUT2D eigenvalue weighted by Crippen LogP contribution is -2.30. The summed E-state index contributed by atoms with van der Waals surface area (Å²) in [5.41, 5.74) is 5.92. The predicted molar refractivity (Wildman–Crippen MR) is 60.2 cm³/mol. The fourth-order valence-corrected chi connectivity index (χ4v) is 1.49. The molecule has 2 rings (SSSR count). The number of nitrogens with two attached hydrogens (primary N) is 1. The summed E-state index contributed by atoms with van der Waals surface area (Å²) >= 11 is 0. The SMILES string of the molecule is Cc1cc2cc(OC(C)C(N)=O)ccc2o1. The molecule has 1 unspecified atom stereocenters. The van der Waals surface area contributed by atoms with Crippen molar-refractivity contribution in [2.24, 2.45) is 5.73 Å². The van der Waals surface area contributed by atoms with Crippen molar-refractivity contribution in [2.45, 2.75) is 20.0 Å². The number of fused-ring (bicyclic) bond motifs is 1. The minimum atomic E-state index is -0.634. The van der Waals surface area contributed by atoms with E-state index in [1.54, 1.807) is 13.0 Å². The number of primary amides is 1. The van der Waals surface area contributed by atoms with Gasteiger partial charge in [0.25, 0.3) is 5.91 Å². The molecule has 2 N–H and O–H groups in total. The van der Waals surface area contributed by atoms with Crippen LogP contribution in [0.3, 0.4) is 0 Å². The number of carbonyl (C=O) groups is 1. The molecule has 0 saturated heterocycles. The zero-order chi connectivity index (χ0) is 11.7. The van der Waals surface area contributed by atoms with E-state index in [0.717, 1.165) is 16.7 Å². The van der Waals surface area contributed by atoms with Crippen molar-refractivity contribution < 1.29 is 13.9 Å². The minimum Gasteiger partial charge on any atom is -0.481 e. The molecule has 16 heavy (non-hydrogen) atoms. The van der Waals surface area contributed by atoms with E-state index >= 15 is 0 Å². The summed E-state index contributed by atoms with van der Waals surface area (Å²) in [6.07, 6.45) is -0.634. The number of aryl methyl sites for hydroxylation is 1. The zero-order valence-corrected chi connectivity index (χ0v) is 9.19. The van der Waals surface area contributed by atoms with Gasteiger partial charge in [-0.15, -0.1) is 0 Å². The number of carbonyl (C=O) groups excluding carboxylic acids is 1. The molecule has 0 saturated carbocycles. The van der Waals surface area contributed by atoms with E-state index in [0.29, 0.717) is 5.75 Å². The maximum atomic E-state index is 10.9. The Morgan fingerprint density at radius 3 is 2.88 bits per heavy atom. The van der Waals surface area contributed by atoms with Crippen molar-refractivity contribution in [3.63, 3.8) is 0 Å². The Morgan fingerprint density at radius 1 is 1.44 bits per heavy atom. The number of hydrogen-bond acceptors (Lipinski definition) is 3. The van der Waals surface area contributed by atoms with Crippen molar-refractivity contribution in [1.82, 2.24) is 0 Å². The molecular weight excluding hydrogens is 206 g/mol. The topological polar surface area (TPSA) is 65.5 Å². The molecule has 1 atom stereocenters. The molecule has 4 nitrogen and oxygen atoms in total. The van der Waals surface area contributed by atoms with Crippen molar-refractivity contribution in [3.05, 3.63) is 30.0 Å². The standard InChI is InChI=1S/C12H13NO3/c1-7-5-9-6-10(3-4-11(9)15-7)16-8(2)12(13)14/h3-6,8H,1-2H3,(H2,13,14). The summed E-state index contributed by atoms with van der Waals surface area (Å²) < 4.78 is 10.8. The Labute approximate surface area is 93.0 Å². The van der Waals surface area contributed by atoms with Crippen LogP contribution in [0.15, 0.2) is 28.7 Å². The third-order valence-electron chi connectivity index (χ3n) is 2.32. The molecule has 2 aromatic rings. The van der Waals surface area contributed by atoms with Gasteiger partial charge in [0.05, 0.1) is 0 Å². The molecule has 0 fully saturated rings. The van der Waals surface area contributed by atoms with Crippen LogP contribution in [0.2, 0.25) is 0 Å². The van der Waals surface area contributed by atoms with Crippen molar-refractivity contribution >= 4 is 16.9 Å². The summed E-state index contributed by atoms with van der Waals surface area (Å²) in [5.74, 6) is 0.971. The van der Waals surface area contributed by atoms with Crippen LogP contribution >= 0.6 is 0 Å². The number of furan rings is 1. The number of amides is 1. The lowest BCUT2D eigenvalue weighted by molar-refractivity contribution is -0.123. The third kappa shape index (κ3) is 2.00. The van der Waals surface area contributed by atoms with E-state index in [1.165, 1.54) is 0 Å². The summed E-state index contributed by atoms with van der Waals surface area (Å²) in [4.78, 5) is 10.9. The largest absolute Gasteiger partial charge is 0.481 e. The highest BCUT2D eigenvalue weighted by molar-refractivity contribution is 5.81. The van der Waals surface area contributed by atoms with Gasteiger partial charge < -0.3 is 14.9 Å². The number of benzene rings is 1. The van der Waals surface area contributed by atoms with Gasteiger partial charge in [-0.1, -0.05) is 0 Å². The highest BCUT2D eigenvalue weighted by Crippen LogP contribution is 2.24. The van der Waals surface area contributed by atoms with Gasteiger partial charge in [0.2, 0.25) is 0 Å². The van der Waals surface area contributed by atoms with E-state index in [1.807, 2.05) is 25.1 Å². The molecule has 0 aliphatic rings. The van der Waals surface area contributed by atoms with E-state index in [4.69, 9.17) is 14.9 Å². The van der Waals surface area contributed by atoms with Crippen molar-refractivity contribution in [3.8, 4) is 5.75 Å². The first-order valence-corrected chi connectivity index (χ1v) is 5.02. The molecule has 4 heteroatoms. The lowest BCUT2D eigenvalue weighted by atomic mass is 10.2. The van der Waals surface area contributed by atoms with Crippen molar-refractivity contribution in [1.29, 1.82) is 0 Å². The van der Waals surface area contributed by atoms with Gasteiger partial charge in [0.1, 0.15) is 17.1 Å². The highest BCUT2D eigenvalue weighted by atomic mass is 16.5. The monoisotopic (exact) mass is 219 g/mol. The molecular formula is C12H13NO3. The van der Waals surface area contributed by atoms with Crippen molar-refractivity contribution in [2.75, 3.05) is 0 Å². The van der Waals surface area contributed by atoms with Gasteiger partial charge >= 0.3 is 0 Å². The molecule has 1 heterocycles. The third-order valence-corrected chi connectivity index (χ3v) is 2.32. The lowest BCUT2D eigenvalue weighted by Gasteiger charge is -2.10. The van der Waals surface area contributed by atoms with Crippen LogP contribution < -0.4 is 10.5 Å². The second-order valence-corrected chi connectivity index (χ2v) is 3.72. The van der Waals surface area contributed by atoms with Crippen LogP contribution in [0.4, 0.5) is 0 Å². The van der Waals surface area contributed by atoms with Gasteiger partial charge in [-0.3, -0.25) is 4.79 Å². The second-order valence-electron chi connectivity index (χ2n) is 3.72. The average molecular weight is 219 g/mol. The molecule has 1 amide bonds. The average Bonchev–Trinajstić information content (AvgIpc) is 2.57. The molecule has 1 aromatic carbocycles. The summed E-state index contributed by atoms with van der Waals surface area (Å²) in [6.45, 7) is 3.50. The van der Waals surface area contributed by atoms with E-state index < -0.39 is 12.0 Å².